The maximum Gasteiger partial charge on any atom is 0.344 e. The third kappa shape index (κ3) is 4.31. The first-order valence-electron chi connectivity index (χ1n) is 9.14. The number of anilines is 1. The fourth-order valence-corrected chi connectivity index (χ4v) is 3.32. The van der Waals surface area contributed by atoms with Gasteiger partial charge in [0.2, 0.25) is 0 Å². The molecule has 1 fully saturated rings. The molecule has 1 aliphatic heterocycles. The molecule has 0 bridgehead atoms. The minimum atomic E-state index is -0.977. The topological polar surface area (TPSA) is 73.5 Å². The normalized spacial score (nSPS) is 18.8. The van der Waals surface area contributed by atoms with Crippen molar-refractivity contribution in [1.29, 1.82) is 0 Å². The largest absolute Gasteiger partial charge is 0.344 e. The molecule has 7 heteroatoms. The average Bonchev–Trinajstić information content (AvgIpc) is 2.87. The second-order valence-electron chi connectivity index (χ2n) is 7.27. The minimum Gasteiger partial charge on any atom is -0.331 e. The van der Waals surface area contributed by atoms with E-state index in [0.717, 1.165) is 27.4 Å². The molecule has 28 heavy (non-hydrogen) atoms. The van der Waals surface area contributed by atoms with E-state index in [2.05, 4.69) is 16.1 Å². The number of thiocarbonyl (C=S) groups is 1. The standard InChI is InChI=1S/C21H24N4O2S/c1-14-9-10-15(2)17(13-14)22-19(28)24-25-18(26)21(3,23-20(25)27)12-11-16-7-5-4-6-8-16/h4-10,13H,11-12H2,1-3H3,(H,23,27)(H2,22,24,28)/t21-/m1/s1. The van der Waals surface area contributed by atoms with Gasteiger partial charge in [-0.15, -0.1) is 0 Å². The third-order valence-corrected chi connectivity index (χ3v) is 5.07. The van der Waals surface area contributed by atoms with Crippen molar-refractivity contribution in [3.05, 3.63) is 65.2 Å². The Hall–Kier alpha value is -2.93. The number of nitrogens with one attached hydrogen (secondary N) is 3. The lowest BCUT2D eigenvalue weighted by Gasteiger charge is -2.22. The summed E-state index contributed by atoms with van der Waals surface area (Å²) >= 11 is 5.30. The van der Waals surface area contributed by atoms with Crippen molar-refractivity contribution < 1.29 is 9.59 Å². The van der Waals surface area contributed by atoms with Gasteiger partial charge >= 0.3 is 6.03 Å². The number of nitrogens with zero attached hydrogens (tertiary/aromatic N) is 1. The van der Waals surface area contributed by atoms with Gasteiger partial charge in [-0.05, 0) is 68.6 Å². The molecule has 0 unspecified atom stereocenters. The van der Waals surface area contributed by atoms with Crippen LogP contribution in [-0.4, -0.2) is 27.6 Å². The summed E-state index contributed by atoms with van der Waals surface area (Å²) in [6.07, 6.45) is 1.18. The molecule has 1 aliphatic rings. The first-order valence-corrected chi connectivity index (χ1v) is 9.55. The van der Waals surface area contributed by atoms with Crippen molar-refractivity contribution in [3.63, 3.8) is 0 Å². The average molecular weight is 397 g/mol. The lowest BCUT2D eigenvalue weighted by molar-refractivity contribution is -0.132. The zero-order valence-corrected chi connectivity index (χ0v) is 17.0. The Kier molecular flexibility index (Phi) is 5.65. The van der Waals surface area contributed by atoms with Crippen molar-refractivity contribution in [3.8, 4) is 0 Å². The fraction of sp³-hybridized carbons (Fsp3) is 0.286. The van der Waals surface area contributed by atoms with Crippen LogP contribution in [0.3, 0.4) is 0 Å². The van der Waals surface area contributed by atoms with Crippen LogP contribution < -0.4 is 16.1 Å². The highest BCUT2D eigenvalue weighted by Gasteiger charge is 2.48. The third-order valence-electron chi connectivity index (χ3n) is 4.87. The highest BCUT2D eigenvalue weighted by molar-refractivity contribution is 7.80. The van der Waals surface area contributed by atoms with E-state index < -0.39 is 11.6 Å². The predicted octanol–water partition coefficient (Wildman–Crippen LogP) is 3.45. The number of carbonyl (C=O) groups is 2. The molecule has 2 aromatic rings. The highest BCUT2D eigenvalue weighted by atomic mass is 32.1. The maximum atomic E-state index is 12.9. The molecule has 3 N–H and O–H groups in total. The molecule has 1 saturated heterocycles. The van der Waals surface area contributed by atoms with E-state index in [4.69, 9.17) is 12.2 Å². The van der Waals surface area contributed by atoms with E-state index in [1.54, 1.807) is 6.92 Å². The lowest BCUT2D eigenvalue weighted by atomic mass is 9.93. The Labute approximate surface area is 170 Å². The molecule has 0 aromatic heterocycles. The summed E-state index contributed by atoms with van der Waals surface area (Å²) in [6.45, 7) is 5.68. The molecule has 3 amide bonds. The number of carbonyl (C=O) groups excluding carboxylic acids is 2. The van der Waals surface area contributed by atoms with E-state index in [1.165, 1.54) is 0 Å². The van der Waals surface area contributed by atoms with Crippen molar-refractivity contribution in [1.82, 2.24) is 15.8 Å². The number of imide groups is 1. The van der Waals surface area contributed by atoms with Gasteiger partial charge in [0.25, 0.3) is 5.91 Å². The van der Waals surface area contributed by atoms with Gasteiger partial charge in [0, 0.05) is 5.69 Å². The molecule has 6 nitrogen and oxygen atoms in total. The summed E-state index contributed by atoms with van der Waals surface area (Å²) in [5.41, 5.74) is 5.78. The summed E-state index contributed by atoms with van der Waals surface area (Å²) in [5.74, 6) is -0.349. The van der Waals surface area contributed by atoms with Crippen LogP contribution in [0.25, 0.3) is 0 Å². The van der Waals surface area contributed by atoms with Gasteiger partial charge < -0.3 is 10.6 Å². The Morgan fingerprint density at radius 3 is 2.57 bits per heavy atom. The van der Waals surface area contributed by atoms with Gasteiger partial charge in [0.05, 0.1) is 0 Å². The second kappa shape index (κ2) is 7.98. The number of benzene rings is 2. The molecule has 1 heterocycles. The number of aryl methyl sites for hydroxylation is 3. The van der Waals surface area contributed by atoms with E-state index in [-0.39, 0.29) is 11.0 Å². The molecule has 0 radical (unpaired) electrons. The molecular weight excluding hydrogens is 372 g/mol. The Bertz CT molecular complexity index is 916. The van der Waals surface area contributed by atoms with Crippen LogP contribution in [0.2, 0.25) is 0 Å². The first-order chi connectivity index (χ1) is 13.3. The zero-order chi connectivity index (χ0) is 20.3. The minimum absolute atomic E-state index is 0.185. The molecule has 1 atom stereocenters. The SMILES string of the molecule is Cc1ccc(C)c(NC(=S)NN2C(=O)N[C@](C)(CCc3ccccc3)C2=O)c1. The van der Waals surface area contributed by atoms with Gasteiger partial charge in [-0.2, -0.15) is 5.01 Å². The monoisotopic (exact) mass is 396 g/mol. The number of amides is 3. The molecule has 0 spiro atoms. The molecule has 0 aliphatic carbocycles. The van der Waals surface area contributed by atoms with Crippen LogP contribution in [0, 0.1) is 13.8 Å². The number of hydrogen-bond acceptors (Lipinski definition) is 3. The van der Waals surface area contributed by atoms with Crippen LogP contribution in [0.1, 0.15) is 30.0 Å². The quantitative estimate of drug-likeness (QED) is 0.533. The number of hydrazine groups is 1. The fourth-order valence-electron chi connectivity index (χ4n) is 3.12. The van der Waals surface area contributed by atoms with Crippen LogP contribution in [0.4, 0.5) is 10.5 Å². The van der Waals surface area contributed by atoms with Crippen molar-refractivity contribution in [2.24, 2.45) is 0 Å². The Morgan fingerprint density at radius 2 is 1.86 bits per heavy atom. The summed E-state index contributed by atoms with van der Waals surface area (Å²) in [5, 5.41) is 6.96. The Balaban J connectivity index is 1.64. The summed E-state index contributed by atoms with van der Waals surface area (Å²) in [4.78, 5) is 25.2. The number of urea groups is 1. The van der Waals surface area contributed by atoms with Crippen LogP contribution in [0.15, 0.2) is 48.5 Å². The van der Waals surface area contributed by atoms with Gasteiger partial charge in [-0.25, -0.2) is 4.79 Å². The molecule has 2 aromatic carbocycles. The summed E-state index contributed by atoms with van der Waals surface area (Å²) < 4.78 is 0. The van der Waals surface area contributed by atoms with Crippen molar-refractivity contribution in [2.45, 2.75) is 39.2 Å². The van der Waals surface area contributed by atoms with Gasteiger partial charge in [-0.3, -0.25) is 10.2 Å². The highest BCUT2D eigenvalue weighted by Crippen LogP contribution is 2.22. The second-order valence-corrected chi connectivity index (χ2v) is 7.68. The molecule has 0 saturated carbocycles. The van der Waals surface area contributed by atoms with Crippen LogP contribution in [0.5, 0.6) is 0 Å². The summed E-state index contributed by atoms with van der Waals surface area (Å²) in [7, 11) is 0. The van der Waals surface area contributed by atoms with Crippen LogP contribution >= 0.6 is 12.2 Å². The van der Waals surface area contributed by atoms with Crippen LogP contribution in [-0.2, 0) is 11.2 Å². The van der Waals surface area contributed by atoms with E-state index in [1.807, 2.05) is 62.4 Å². The van der Waals surface area contributed by atoms with Gasteiger partial charge in [0.1, 0.15) is 5.54 Å². The summed E-state index contributed by atoms with van der Waals surface area (Å²) in [6, 6.07) is 15.3. The zero-order valence-electron chi connectivity index (χ0n) is 16.2. The smallest absolute Gasteiger partial charge is 0.331 e. The maximum absolute atomic E-state index is 12.9. The van der Waals surface area contributed by atoms with Gasteiger partial charge in [0.15, 0.2) is 5.11 Å². The lowest BCUT2D eigenvalue weighted by Crippen LogP contribution is -2.50. The van der Waals surface area contributed by atoms with Gasteiger partial charge in [-0.1, -0.05) is 42.5 Å². The van der Waals surface area contributed by atoms with E-state index >= 15 is 0 Å². The number of rotatable bonds is 5. The van der Waals surface area contributed by atoms with Crippen molar-refractivity contribution >= 4 is 35.0 Å². The van der Waals surface area contributed by atoms with Crippen molar-refractivity contribution in [2.75, 3.05) is 5.32 Å². The predicted molar refractivity (Wildman–Crippen MR) is 114 cm³/mol. The van der Waals surface area contributed by atoms with E-state index in [0.29, 0.717) is 12.8 Å². The van der Waals surface area contributed by atoms with E-state index in [9.17, 15) is 9.59 Å². The molecule has 3 rings (SSSR count). The molecule has 146 valence electrons. The molecular formula is C21H24N4O2S. The number of hydrogen-bond donors (Lipinski definition) is 3. The Morgan fingerprint density at radius 1 is 1.14 bits per heavy atom. The first kappa shape index (κ1) is 19.8.